The van der Waals surface area contributed by atoms with Crippen molar-refractivity contribution in [1.29, 1.82) is 0 Å². The van der Waals surface area contributed by atoms with E-state index in [2.05, 4.69) is 61.5 Å². The van der Waals surface area contributed by atoms with E-state index in [4.69, 9.17) is 0 Å². The highest BCUT2D eigenvalue weighted by molar-refractivity contribution is 5.85. The lowest BCUT2D eigenvalue weighted by atomic mass is 9.99. The van der Waals surface area contributed by atoms with Crippen LogP contribution in [0.1, 0.15) is 70.3 Å². The van der Waals surface area contributed by atoms with Gasteiger partial charge >= 0.3 is 0 Å². The minimum Gasteiger partial charge on any atom is -0.0885 e. The Balaban J connectivity index is 1.59. The zero-order chi connectivity index (χ0) is 16.2. The lowest BCUT2D eigenvalue weighted by Crippen LogP contribution is -1.88. The van der Waals surface area contributed by atoms with Crippen molar-refractivity contribution in [2.75, 3.05) is 0 Å². The van der Waals surface area contributed by atoms with Gasteiger partial charge in [-0.05, 0) is 54.9 Å². The van der Waals surface area contributed by atoms with Crippen LogP contribution in [0, 0.1) is 0 Å². The van der Waals surface area contributed by atoms with Crippen LogP contribution in [-0.4, -0.2) is 0 Å². The molecule has 2 aromatic rings. The SMILES string of the molecule is CCCCC/C=C/CCCCCCc1cccc2ccccc12. The molecule has 0 atom stereocenters. The fraction of sp³-hybridized carbons (Fsp3) is 0.478. The summed E-state index contributed by atoms with van der Waals surface area (Å²) in [6.45, 7) is 2.27. The minimum absolute atomic E-state index is 1.22. The average Bonchev–Trinajstić information content (AvgIpc) is 2.60. The molecular formula is C23H32. The first kappa shape index (κ1) is 17.8. The molecule has 0 saturated heterocycles. The van der Waals surface area contributed by atoms with Gasteiger partial charge < -0.3 is 0 Å². The number of benzene rings is 2. The van der Waals surface area contributed by atoms with E-state index in [0.717, 1.165) is 0 Å². The molecule has 0 radical (unpaired) electrons. The van der Waals surface area contributed by atoms with E-state index in [-0.39, 0.29) is 0 Å². The quantitative estimate of drug-likeness (QED) is 0.298. The summed E-state index contributed by atoms with van der Waals surface area (Å²) in [7, 11) is 0. The van der Waals surface area contributed by atoms with E-state index in [1.54, 1.807) is 0 Å². The Bertz CT molecular complexity index is 574. The van der Waals surface area contributed by atoms with Crippen molar-refractivity contribution in [3.05, 3.63) is 60.2 Å². The highest BCUT2D eigenvalue weighted by Crippen LogP contribution is 2.20. The van der Waals surface area contributed by atoms with Crippen LogP contribution in [0.3, 0.4) is 0 Å². The van der Waals surface area contributed by atoms with Gasteiger partial charge in [0.2, 0.25) is 0 Å². The first-order chi connectivity index (χ1) is 11.4. The monoisotopic (exact) mass is 308 g/mol. The van der Waals surface area contributed by atoms with Gasteiger partial charge in [-0.25, -0.2) is 0 Å². The van der Waals surface area contributed by atoms with Crippen LogP contribution in [0.25, 0.3) is 10.8 Å². The van der Waals surface area contributed by atoms with Crippen LogP contribution >= 0.6 is 0 Å². The van der Waals surface area contributed by atoms with E-state index >= 15 is 0 Å². The van der Waals surface area contributed by atoms with E-state index in [0.29, 0.717) is 0 Å². The van der Waals surface area contributed by atoms with E-state index in [1.165, 1.54) is 80.5 Å². The van der Waals surface area contributed by atoms with Crippen molar-refractivity contribution in [3.8, 4) is 0 Å². The molecule has 0 amide bonds. The molecule has 0 nitrogen and oxygen atoms in total. The number of allylic oxidation sites excluding steroid dienone is 2. The van der Waals surface area contributed by atoms with Crippen molar-refractivity contribution in [2.45, 2.75) is 71.1 Å². The van der Waals surface area contributed by atoms with Crippen LogP contribution in [0.15, 0.2) is 54.6 Å². The summed E-state index contributed by atoms with van der Waals surface area (Å²) in [6, 6.07) is 15.5. The molecule has 0 aromatic heterocycles. The maximum atomic E-state index is 2.39. The maximum absolute atomic E-state index is 2.39. The Morgan fingerprint density at radius 1 is 0.696 bits per heavy atom. The average molecular weight is 309 g/mol. The first-order valence-corrected chi connectivity index (χ1v) is 9.53. The van der Waals surface area contributed by atoms with Gasteiger partial charge in [-0.15, -0.1) is 0 Å². The molecule has 2 rings (SSSR count). The molecule has 0 unspecified atom stereocenters. The number of hydrogen-bond donors (Lipinski definition) is 0. The summed E-state index contributed by atoms with van der Waals surface area (Å²) >= 11 is 0. The number of hydrogen-bond acceptors (Lipinski definition) is 0. The zero-order valence-electron chi connectivity index (χ0n) is 14.8. The summed E-state index contributed by atoms with van der Waals surface area (Å²) in [5, 5.41) is 2.81. The maximum Gasteiger partial charge on any atom is -0.0152 e. The summed E-state index contributed by atoms with van der Waals surface area (Å²) in [5.41, 5.74) is 1.51. The molecule has 0 N–H and O–H groups in total. The number of aryl methyl sites for hydroxylation is 1. The van der Waals surface area contributed by atoms with Crippen LogP contribution in [0.2, 0.25) is 0 Å². The summed E-state index contributed by atoms with van der Waals surface area (Å²) in [4.78, 5) is 0. The molecule has 2 aromatic carbocycles. The van der Waals surface area contributed by atoms with Crippen LogP contribution in [0.4, 0.5) is 0 Å². The van der Waals surface area contributed by atoms with Crippen molar-refractivity contribution in [2.24, 2.45) is 0 Å². The predicted molar refractivity (Wildman–Crippen MR) is 104 cm³/mol. The van der Waals surface area contributed by atoms with E-state index in [9.17, 15) is 0 Å². The van der Waals surface area contributed by atoms with Crippen LogP contribution < -0.4 is 0 Å². The lowest BCUT2D eigenvalue weighted by molar-refractivity contribution is 0.646. The van der Waals surface area contributed by atoms with Crippen molar-refractivity contribution < 1.29 is 0 Å². The van der Waals surface area contributed by atoms with Crippen LogP contribution in [0.5, 0.6) is 0 Å². The standard InChI is InChI=1S/C23H32/c1-2-3-4-5-6-7-8-9-10-11-12-16-21-18-15-19-22-17-13-14-20-23(21)22/h6-7,13-15,17-20H,2-5,8-12,16H2,1H3/b7-6+. The molecule has 0 aliphatic carbocycles. The van der Waals surface area contributed by atoms with Crippen molar-refractivity contribution in [1.82, 2.24) is 0 Å². The predicted octanol–water partition coefficient (Wildman–Crippen LogP) is 7.47. The number of unbranched alkanes of at least 4 members (excludes halogenated alkanes) is 7. The molecule has 0 spiro atoms. The van der Waals surface area contributed by atoms with Gasteiger partial charge in [-0.2, -0.15) is 0 Å². The second-order valence-corrected chi connectivity index (χ2v) is 6.56. The van der Waals surface area contributed by atoms with Gasteiger partial charge in [0.15, 0.2) is 0 Å². The number of rotatable bonds is 11. The van der Waals surface area contributed by atoms with Gasteiger partial charge in [0.05, 0.1) is 0 Å². The van der Waals surface area contributed by atoms with Gasteiger partial charge in [0, 0.05) is 0 Å². The number of fused-ring (bicyclic) bond motifs is 1. The van der Waals surface area contributed by atoms with E-state index < -0.39 is 0 Å². The first-order valence-electron chi connectivity index (χ1n) is 9.53. The molecule has 0 fully saturated rings. The largest absolute Gasteiger partial charge is 0.0885 e. The topological polar surface area (TPSA) is 0 Å². The summed E-state index contributed by atoms with van der Waals surface area (Å²) in [6.07, 6.45) is 18.0. The van der Waals surface area contributed by atoms with Gasteiger partial charge in [0.25, 0.3) is 0 Å². The summed E-state index contributed by atoms with van der Waals surface area (Å²) < 4.78 is 0. The Morgan fingerprint density at radius 3 is 2.22 bits per heavy atom. The molecule has 0 aliphatic heterocycles. The van der Waals surface area contributed by atoms with Gasteiger partial charge in [-0.3, -0.25) is 0 Å². The lowest BCUT2D eigenvalue weighted by Gasteiger charge is -2.06. The molecule has 0 heterocycles. The third kappa shape index (κ3) is 6.60. The highest BCUT2D eigenvalue weighted by Gasteiger charge is 1.99. The zero-order valence-corrected chi connectivity index (χ0v) is 14.8. The third-order valence-corrected chi connectivity index (χ3v) is 4.59. The Labute approximate surface area is 142 Å². The van der Waals surface area contributed by atoms with Crippen molar-refractivity contribution >= 4 is 10.8 Å². The Hall–Kier alpha value is -1.56. The molecule has 0 aliphatic rings. The molecule has 23 heavy (non-hydrogen) atoms. The minimum atomic E-state index is 1.22. The molecule has 0 bridgehead atoms. The Morgan fingerprint density at radius 2 is 1.39 bits per heavy atom. The smallest absolute Gasteiger partial charge is 0.0152 e. The summed E-state index contributed by atoms with van der Waals surface area (Å²) in [5.74, 6) is 0. The molecule has 0 heteroatoms. The van der Waals surface area contributed by atoms with E-state index in [1.807, 2.05) is 0 Å². The van der Waals surface area contributed by atoms with Crippen LogP contribution in [-0.2, 0) is 6.42 Å². The highest BCUT2D eigenvalue weighted by atomic mass is 14.0. The second-order valence-electron chi connectivity index (χ2n) is 6.56. The fourth-order valence-corrected chi connectivity index (χ4v) is 3.19. The molecule has 124 valence electrons. The fourth-order valence-electron chi connectivity index (χ4n) is 3.19. The van der Waals surface area contributed by atoms with Crippen molar-refractivity contribution in [3.63, 3.8) is 0 Å². The molecular weight excluding hydrogens is 276 g/mol. The Kier molecular flexibility index (Phi) is 8.55. The second kappa shape index (κ2) is 11.0. The third-order valence-electron chi connectivity index (χ3n) is 4.59. The van der Waals surface area contributed by atoms with Gasteiger partial charge in [-0.1, -0.05) is 87.2 Å². The van der Waals surface area contributed by atoms with Gasteiger partial charge in [0.1, 0.15) is 0 Å². The molecule has 0 saturated carbocycles. The normalized spacial score (nSPS) is 11.5.